The van der Waals surface area contributed by atoms with Gasteiger partial charge in [0.1, 0.15) is 0 Å². The molecular weight excluding hydrogens is 362 g/mol. The molecule has 0 heterocycles. The lowest BCUT2D eigenvalue weighted by Crippen LogP contribution is -2.24. The number of nitrogens with zero attached hydrogens (tertiary/aromatic N) is 2. The van der Waals surface area contributed by atoms with Crippen molar-refractivity contribution in [2.75, 3.05) is 11.9 Å². The van der Waals surface area contributed by atoms with Crippen LogP contribution in [0.3, 0.4) is 0 Å². The molecule has 2 aromatic carbocycles. The molecule has 0 bridgehead atoms. The highest BCUT2D eigenvalue weighted by molar-refractivity contribution is 7.80. The molecule has 0 saturated carbocycles. The molecule has 9 heteroatoms. The molecule has 0 spiro atoms. The molecule has 4 N–H and O–H groups in total. The molecular formula is C16H16ClN5O2S. The minimum absolute atomic E-state index is 0.0129. The van der Waals surface area contributed by atoms with Crippen LogP contribution in [0.4, 0.5) is 11.4 Å². The van der Waals surface area contributed by atoms with Crippen molar-refractivity contribution < 1.29 is 4.92 Å². The van der Waals surface area contributed by atoms with Crippen molar-refractivity contribution in [2.45, 2.75) is 6.42 Å². The van der Waals surface area contributed by atoms with E-state index in [1.165, 1.54) is 18.3 Å². The number of nitrogens with one attached hydrogen (secondary N) is 2. The van der Waals surface area contributed by atoms with Gasteiger partial charge in [-0.25, -0.2) is 0 Å². The maximum absolute atomic E-state index is 10.9. The first-order valence-electron chi connectivity index (χ1n) is 7.31. The second-order valence-corrected chi connectivity index (χ2v) is 5.94. The van der Waals surface area contributed by atoms with Gasteiger partial charge < -0.3 is 11.1 Å². The van der Waals surface area contributed by atoms with E-state index in [1.54, 1.807) is 6.07 Å². The highest BCUT2D eigenvalue weighted by Gasteiger charge is 2.09. The first-order valence-corrected chi connectivity index (χ1v) is 8.09. The van der Waals surface area contributed by atoms with Crippen molar-refractivity contribution in [1.29, 1.82) is 0 Å². The standard InChI is InChI=1S/C16H16ClN5O2S/c17-13-3-1-11(2-4-13)7-8-19-15-6-5-14(22(23)24)9-12(15)10-20-21-16(18)25/h1-6,9-10,19H,7-8H2,(H3,18,21,25)/b20-10+. The first kappa shape index (κ1) is 18.6. The molecule has 0 aliphatic heterocycles. The van der Waals surface area contributed by atoms with Crippen molar-refractivity contribution in [2.24, 2.45) is 10.8 Å². The second kappa shape index (κ2) is 8.95. The second-order valence-electron chi connectivity index (χ2n) is 5.07. The van der Waals surface area contributed by atoms with Crippen molar-refractivity contribution in [3.63, 3.8) is 0 Å². The number of benzene rings is 2. The number of hydrogen-bond donors (Lipinski definition) is 3. The number of halogens is 1. The Hall–Kier alpha value is -2.71. The fraction of sp³-hybridized carbons (Fsp3) is 0.125. The summed E-state index contributed by atoms with van der Waals surface area (Å²) in [7, 11) is 0. The summed E-state index contributed by atoms with van der Waals surface area (Å²) in [4.78, 5) is 10.5. The van der Waals surface area contributed by atoms with Crippen molar-refractivity contribution in [1.82, 2.24) is 5.43 Å². The molecule has 25 heavy (non-hydrogen) atoms. The predicted octanol–water partition coefficient (Wildman–Crippen LogP) is 3.07. The number of anilines is 1. The van der Waals surface area contributed by atoms with E-state index in [0.29, 0.717) is 22.8 Å². The van der Waals surface area contributed by atoms with Crippen LogP contribution < -0.4 is 16.5 Å². The maximum atomic E-state index is 10.9. The molecule has 0 amide bonds. The Morgan fingerprint density at radius 2 is 2.04 bits per heavy atom. The number of hydrazone groups is 1. The van der Waals surface area contributed by atoms with Gasteiger partial charge in [0, 0.05) is 35.0 Å². The lowest BCUT2D eigenvalue weighted by Gasteiger charge is -2.10. The Bertz CT molecular complexity index is 796. The average molecular weight is 378 g/mol. The van der Waals surface area contributed by atoms with Crippen molar-refractivity contribution >= 4 is 46.5 Å². The lowest BCUT2D eigenvalue weighted by molar-refractivity contribution is -0.384. The molecule has 130 valence electrons. The smallest absolute Gasteiger partial charge is 0.270 e. The van der Waals surface area contributed by atoms with Crippen LogP contribution in [0.5, 0.6) is 0 Å². The van der Waals surface area contributed by atoms with Crippen LogP contribution in [0.2, 0.25) is 5.02 Å². The van der Waals surface area contributed by atoms with Gasteiger partial charge in [-0.15, -0.1) is 0 Å². The fourth-order valence-corrected chi connectivity index (χ4v) is 2.27. The van der Waals surface area contributed by atoms with E-state index >= 15 is 0 Å². The third-order valence-electron chi connectivity index (χ3n) is 3.27. The third kappa shape index (κ3) is 6.02. The molecule has 0 atom stereocenters. The molecule has 7 nitrogen and oxygen atoms in total. The van der Waals surface area contributed by atoms with Crippen LogP contribution in [0.1, 0.15) is 11.1 Å². The Morgan fingerprint density at radius 1 is 1.32 bits per heavy atom. The summed E-state index contributed by atoms with van der Waals surface area (Å²) in [5.74, 6) is 0. The van der Waals surface area contributed by atoms with E-state index in [4.69, 9.17) is 17.3 Å². The summed E-state index contributed by atoms with van der Waals surface area (Å²) in [5.41, 5.74) is 10.1. The van der Waals surface area contributed by atoms with Gasteiger partial charge in [0.2, 0.25) is 0 Å². The normalized spacial score (nSPS) is 10.6. The largest absolute Gasteiger partial charge is 0.384 e. The van der Waals surface area contributed by atoms with Gasteiger partial charge in [-0.05, 0) is 42.4 Å². The van der Waals surface area contributed by atoms with E-state index in [-0.39, 0.29) is 10.8 Å². The zero-order valence-corrected chi connectivity index (χ0v) is 14.7. The van der Waals surface area contributed by atoms with Gasteiger partial charge in [0.05, 0.1) is 11.1 Å². The number of non-ortho nitro benzene ring substituents is 1. The summed E-state index contributed by atoms with van der Waals surface area (Å²) in [6.45, 7) is 0.642. The molecule has 2 rings (SSSR count). The molecule has 0 radical (unpaired) electrons. The number of hydrogen-bond acceptors (Lipinski definition) is 5. The fourth-order valence-electron chi connectivity index (χ4n) is 2.09. The van der Waals surface area contributed by atoms with Crippen LogP contribution in [-0.4, -0.2) is 22.8 Å². The highest BCUT2D eigenvalue weighted by atomic mass is 35.5. The van der Waals surface area contributed by atoms with E-state index in [2.05, 4.69) is 28.1 Å². The molecule has 0 fully saturated rings. The predicted molar refractivity (Wildman–Crippen MR) is 104 cm³/mol. The van der Waals surface area contributed by atoms with Gasteiger partial charge in [0.25, 0.3) is 5.69 Å². The van der Waals surface area contributed by atoms with Crippen LogP contribution >= 0.6 is 23.8 Å². The Balaban J connectivity index is 2.09. The van der Waals surface area contributed by atoms with Crippen molar-refractivity contribution in [3.8, 4) is 0 Å². The lowest BCUT2D eigenvalue weighted by atomic mass is 10.1. The number of rotatable bonds is 7. The van der Waals surface area contributed by atoms with Gasteiger partial charge in [-0.3, -0.25) is 15.5 Å². The number of nitrogens with two attached hydrogens (primary N) is 1. The van der Waals surface area contributed by atoms with E-state index in [9.17, 15) is 10.1 Å². The highest BCUT2D eigenvalue weighted by Crippen LogP contribution is 2.21. The third-order valence-corrected chi connectivity index (χ3v) is 3.61. The van der Waals surface area contributed by atoms with E-state index in [1.807, 2.05) is 24.3 Å². The quantitative estimate of drug-likeness (QED) is 0.296. The summed E-state index contributed by atoms with van der Waals surface area (Å²) in [6.07, 6.45) is 2.20. The first-order chi connectivity index (χ1) is 12.0. The van der Waals surface area contributed by atoms with E-state index in [0.717, 1.165) is 12.0 Å². The molecule has 0 saturated heterocycles. The maximum Gasteiger partial charge on any atom is 0.270 e. The summed E-state index contributed by atoms with van der Waals surface area (Å²) in [6, 6.07) is 12.1. The monoisotopic (exact) mass is 377 g/mol. The zero-order chi connectivity index (χ0) is 18.2. The topological polar surface area (TPSA) is 106 Å². The minimum atomic E-state index is -0.462. The number of thiocarbonyl (C=S) groups is 1. The Morgan fingerprint density at radius 3 is 2.68 bits per heavy atom. The SMILES string of the molecule is NC(=S)N/N=C/c1cc([N+](=O)[O-])ccc1NCCc1ccc(Cl)cc1. The molecule has 0 unspecified atom stereocenters. The zero-order valence-electron chi connectivity index (χ0n) is 13.1. The number of nitro benzene ring substituents is 1. The van der Waals surface area contributed by atoms with E-state index < -0.39 is 4.92 Å². The molecule has 0 aromatic heterocycles. The Labute approximate surface area is 155 Å². The van der Waals surface area contributed by atoms with Gasteiger partial charge in [-0.1, -0.05) is 23.7 Å². The minimum Gasteiger partial charge on any atom is -0.384 e. The van der Waals surface area contributed by atoms with Gasteiger partial charge in [0.15, 0.2) is 5.11 Å². The average Bonchev–Trinajstić information content (AvgIpc) is 2.57. The summed E-state index contributed by atoms with van der Waals surface area (Å²) >= 11 is 10.5. The van der Waals surface area contributed by atoms with Gasteiger partial charge >= 0.3 is 0 Å². The summed E-state index contributed by atoms with van der Waals surface area (Å²) in [5, 5.41) is 18.8. The number of nitro groups is 1. The van der Waals surface area contributed by atoms with Crippen LogP contribution in [-0.2, 0) is 6.42 Å². The van der Waals surface area contributed by atoms with Crippen LogP contribution in [0.25, 0.3) is 0 Å². The molecule has 0 aliphatic rings. The Kier molecular flexibility index (Phi) is 6.67. The summed E-state index contributed by atoms with van der Waals surface area (Å²) < 4.78 is 0. The van der Waals surface area contributed by atoms with Crippen LogP contribution in [0, 0.1) is 10.1 Å². The van der Waals surface area contributed by atoms with Crippen molar-refractivity contribution in [3.05, 3.63) is 68.7 Å². The molecule has 2 aromatic rings. The van der Waals surface area contributed by atoms with Crippen LogP contribution in [0.15, 0.2) is 47.6 Å². The molecule has 0 aliphatic carbocycles. The van der Waals surface area contributed by atoms with Gasteiger partial charge in [-0.2, -0.15) is 5.10 Å².